The van der Waals surface area contributed by atoms with E-state index < -0.39 is 16.9 Å². The molecule has 26 heavy (non-hydrogen) atoms. The van der Waals surface area contributed by atoms with Gasteiger partial charge in [0.1, 0.15) is 17.4 Å². The van der Waals surface area contributed by atoms with Crippen molar-refractivity contribution in [2.45, 2.75) is 71.0 Å². The Balaban J connectivity index is 1.73. The molecule has 9 heteroatoms. The summed E-state index contributed by atoms with van der Waals surface area (Å²) < 4.78 is 1.47. The maximum atomic E-state index is 12.8. The van der Waals surface area contributed by atoms with E-state index in [2.05, 4.69) is 5.10 Å². The number of aliphatic carboxylic acids is 1. The number of fused-ring (bicyclic) bond motifs is 1. The summed E-state index contributed by atoms with van der Waals surface area (Å²) >= 11 is 0. The van der Waals surface area contributed by atoms with Gasteiger partial charge < -0.3 is 10.0 Å². The predicted octanol–water partition coefficient (Wildman–Crippen LogP) is 2.04. The number of hydrogen-bond acceptors (Lipinski definition) is 5. The largest absolute Gasteiger partial charge is 0.480 e. The van der Waals surface area contributed by atoms with Crippen molar-refractivity contribution in [1.82, 2.24) is 14.7 Å². The van der Waals surface area contributed by atoms with Crippen LogP contribution in [0.4, 0.5) is 5.69 Å². The molecule has 2 heterocycles. The summed E-state index contributed by atoms with van der Waals surface area (Å²) in [7, 11) is 0. The third kappa shape index (κ3) is 3.17. The fourth-order valence-corrected chi connectivity index (χ4v) is 4.54. The Hall–Kier alpha value is -2.45. The Kier molecular flexibility index (Phi) is 4.97. The monoisotopic (exact) mass is 364 g/mol. The molecule has 1 aromatic rings. The molecule has 3 rings (SSSR count). The maximum absolute atomic E-state index is 12.8. The molecule has 3 unspecified atom stereocenters. The second-order valence-electron chi connectivity index (χ2n) is 7.25. The molecule has 1 aliphatic heterocycles. The quantitative estimate of drug-likeness (QED) is 0.631. The van der Waals surface area contributed by atoms with Crippen LogP contribution in [0.25, 0.3) is 0 Å². The second-order valence-corrected chi connectivity index (χ2v) is 7.25. The highest BCUT2D eigenvalue weighted by molar-refractivity contribution is 5.84. The van der Waals surface area contributed by atoms with Crippen molar-refractivity contribution in [2.75, 3.05) is 0 Å². The molecule has 2 fully saturated rings. The van der Waals surface area contributed by atoms with Gasteiger partial charge >= 0.3 is 11.7 Å². The van der Waals surface area contributed by atoms with Crippen LogP contribution in [-0.4, -0.2) is 48.7 Å². The molecule has 0 spiro atoms. The van der Waals surface area contributed by atoms with Crippen LogP contribution in [0, 0.1) is 29.9 Å². The zero-order valence-electron chi connectivity index (χ0n) is 15.1. The maximum Gasteiger partial charge on any atom is 0.326 e. The van der Waals surface area contributed by atoms with Crippen LogP contribution in [0.5, 0.6) is 0 Å². The number of carbonyl (C=O) groups is 2. The van der Waals surface area contributed by atoms with Crippen molar-refractivity contribution >= 4 is 17.6 Å². The highest BCUT2D eigenvalue weighted by Crippen LogP contribution is 2.40. The lowest BCUT2D eigenvalue weighted by atomic mass is 9.84. The van der Waals surface area contributed by atoms with Gasteiger partial charge in [0.25, 0.3) is 0 Å². The lowest BCUT2D eigenvalue weighted by molar-refractivity contribution is -0.386. The summed E-state index contributed by atoms with van der Waals surface area (Å²) in [6.07, 6.45) is 4.54. The van der Waals surface area contributed by atoms with Crippen LogP contribution in [0.3, 0.4) is 0 Å². The first-order chi connectivity index (χ1) is 12.3. The molecule has 1 saturated carbocycles. The van der Waals surface area contributed by atoms with Crippen molar-refractivity contribution < 1.29 is 19.6 Å². The van der Waals surface area contributed by atoms with Crippen LogP contribution in [0.15, 0.2) is 0 Å². The van der Waals surface area contributed by atoms with Crippen molar-refractivity contribution in [2.24, 2.45) is 5.92 Å². The molecule has 0 radical (unpaired) electrons. The minimum Gasteiger partial charge on any atom is -0.480 e. The number of carboxylic acid groups (broad SMARTS) is 1. The molecule has 142 valence electrons. The van der Waals surface area contributed by atoms with Gasteiger partial charge in [-0.3, -0.25) is 19.6 Å². The van der Waals surface area contributed by atoms with Gasteiger partial charge in [-0.05, 0) is 39.0 Å². The average Bonchev–Trinajstić information content (AvgIpc) is 3.10. The van der Waals surface area contributed by atoms with Crippen LogP contribution in [0.2, 0.25) is 0 Å². The number of aromatic nitrogens is 2. The van der Waals surface area contributed by atoms with E-state index >= 15 is 0 Å². The van der Waals surface area contributed by atoms with E-state index in [1.54, 1.807) is 18.7 Å². The van der Waals surface area contributed by atoms with Crippen LogP contribution in [0.1, 0.15) is 49.9 Å². The molecule has 1 aromatic heterocycles. The molecular weight excluding hydrogens is 340 g/mol. The van der Waals surface area contributed by atoms with E-state index in [-0.39, 0.29) is 36.5 Å². The van der Waals surface area contributed by atoms with Crippen molar-refractivity contribution in [1.29, 1.82) is 0 Å². The highest BCUT2D eigenvalue weighted by atomic mass is 16.6. The first-order valence-corrected chi connectivity index (χ1v) is 9.03. The fraction of sp³-hybridized carbons (Fsp3) is 0.706. The first kappa shape index (κ1) is 18.3. The molecular formula is C17H24N4O5. The summed E-state index contributed by atoms with van der Waals surface area (Å²) in [5, 5.41) is 24.8. The number of amides is 1. The average molecular weight is 364 g/mol. The first-order valence-electron chi connectivity index (χ1n) is 9.03. The van der Waals surface area contributed by atoms with E-state index in [1.807, 2.05) is 0 Å². The summed E-state index contributed by atoms with van der Waals surface area (Å²) in [4.78, 5) is 36.6. The number of nitro groups is 1. The van der Waals surface area contributed by atoms with Crippen LogP contribution in [-0.2, 0) is 16.1 Å². The standard InChI is InChI=1S/C17H24N4O5/c1-10-16(21(25)26)11(2)19(18-10)8-7-15(22)20-13-6-4-3-5-12(13)9-14(20)17(23)24/h12-14H,3-9H2,1-2H3,(H,23,24). The zero-order valence-corrected chi connectivity index (χ0v) is 15.1. The lowest BCUT2D eigenvalue weighted by Crippen LogP contribution is -2.46. The molecule has 3 atom stereocenters. The molecule has 0 bridgehead atoms. The van der Waals surface area contributed by atoms with Gasteiger partial charge in [-0.1, -0.05) is 12.8 Å². The number of rotatable bonds is 5. The summed E-state index contributed by atoms with van der Waals surface area (Å²) in [6, 6.07) is -0.752. The number of likely N-dealkylation sites (tertiary alicyclic amines) is 1. The second kappa shape index (κ2) is 7.05. The Morgan fingerprint density at radius 3 is 2.62 bits per heavy atom. The van der Waals surface area contributed by atoms with E-state index in [9.17, 15) is 24.8 Å². The van der Waals surface area contributed by atoms with Crippen LogP contribution < -0.4 is 0 Å². The highest BCUT2D eigenvalue weighted by Gasteiger charge is 2.47. The van der Waals surface area contributed by atoms with Crippen molar-refractivity contribution in [3.8, 4) is 0 Å². The third-order valence-corrected chi connectivity index (χ3v) is 5.72. The molecule has 1 amide bonds. The van der Waals surface area contributed by atoms with Crippen LogP contribution >= 0.6 is 0 Å². The van der Waals surface area contributed by atoms with Gasteiger partial charge in [-0.25, -0.2) is 4.79 Å². The molecule has 1 aliphatic carbocycles. The smallest absolute Gasteiger partial charge is 0.326 e. The van der Waals surface area contributed by atoms with Crippen molar-refractivity contribution in [3.63, 3.8) is 0 Å². The third-order valence-electron chi connectivity index (χ3n) is 5.72. The number of carbonyl (C=O) groups excluding carboxylic acids is 1. The Labute approximate surface area is 151 Å². The van der Waals surface area contributed by atoms with Gasteiger partial charge in [0.05, 0.1) is 11.5 Å². The van der Waals surface area contributed by atoms with E-state index in [0.717, 1.165) is 25.7 Å². The number of nitrogens with zero attached hydrogens (tertiary/aromatic N) is 4. The minimum absolute atomic E-state index is 0.00661. The topological polar surface area (TPSA) is 119 Å². The Bertz CT molecular complexity index is 744. The van der Waals surface area contributed by atoms with Gasteiger partial charge in [-0.2, -0.15) is 5.10 Å². The van der Waals surface area contributed by atoms with Crippen molar-refractivity contribution in [3.05, 3.63) is 21.5 Å². The van der Waals surface area contributed by atoms with E-state index in [4.69, 9.17) is 0 Å². The molecule has 0 aromatic carbocycles. The SMILES string of the molecule is Cc1nn(CCC(=O)N2C(C(=O)O)CC3CCCCC32)c(C)c1[N+](=O)[O-]. The number of carboxylic acids is 1. The minimum atomic E-state index is -0.950. The Morgan fingerprint density at radius 1 is 1.31 bits per heavy atom. The van der Waals surface area contributed by atoms with Gasteiger partial charge in [-0.15, -0.1) is 0 Å². The molecule has 9 nitrogen and oxygen atoms in total. The van der Waals surface area contributed by atoms with E-state index in [0.29, 0.717) is 17.8 Å². The fourth-order valence-electron chi connectivity index (χ4n) is 4.54. The zero-order chi connectivity index (χ0) is 19.0. The molecule has 1 saturated heterocycles. The molecule has 2 aliphatic rings. The normalized spacial score (nSPS) is 25.2. The summed E-state index contributed by atoms with van der Waals surface area (Å²) in [6.45, 7) is 3.38. The van der Waals surface area contributed by atoms with E-state index in [1.165, 1.54) is 4.68 Å². The summed E-state index contributed by atoms with van der Waals surface area (Å²) in [5.74, 6) is -0.889. The van der Waals surface area contributed by atoms with Gasteiger partial charge in [0.15, 0.2) is 0 Å². The van der Waals surface area contributed by atoms with Gasteiger partial charge in [0.2, 0.25) is 5.91 Å². The predicted molar refractivity (Wildman–Crippen MR) is 91.6 cm³/mol. The number of aryl methyl sites for hydroxylation is 2. The lowest BCUT2D eigenvalue weighted by Gasteiger charge is -2.33. The molecule has 1 N–H and O–H groups in total. The Morgan fingerprint density at radius 2 is 2.00 bits per heavy atom. The van der Waals surface area contributed by atoms with Gasteiger partial charge in [0, 0.05) is 12.5 Å². The summed E-state index contributed by atoms with van der Waals surface area (Å²) in [5.41, 5.74) is 0.693. The number of hydrogen-bond donors (Lipinski definition) is 1.